The van der Waals surface area contributed by atoms with Crippen molar-refractivity contribution in [3.63, 3.8) is 0 Å². The van der Waals surface area contributed by atoms with Gasteiger partial charge in [0, 0.05) is 37.0 Å². The van der Waals surface area contributed by atoms with Gasteiger partial charge in [-0.05, 0) is 6.42 Å². The van der Waals surface area contributed by atoms with Crippen LogP contribution in [0.4, 0.5) is 0 Å². The van der Waals surface area contributed by atoms with Crippen molar-refractivity contribution in [1.29, 1.82) is 0 Å². The number of aromatic nitrogens is 4. The minimum absolute atomic E-state index is 0.0154. The second-order valence-electron chi connectivity index (χ2n) is 6.59. The Bertz CT molecular complexity index is 948. The molecule has 0 amide bonds. The molecule has 5 heteroatoms. The number of benzene rings is 2. The molecule has 1 atom stereocenters. The molecule has 0 aliphatic carbocycles. The van der Waals surface area contributed by atoms with Crippen LogP contribution in [-0.2, 0) is 13.5 Å². The van der Waals surface area contributed by atoms with Crippen molar-refractivity contribution < 1.29 is 0 Å². The zero-order valence-electron chi connectivity index (χ0n) is 15.2. The fraction of sp³-hybridized carbons (Fsp3) is 0.182. The minimum atomic E-state index is 0.0154. The Balaban J connectivity index is 1.65. The van der Waals surface area contributed by atoms with Crippen molar-refractivity contribution in [2.24, 2.45) is 7.05 Å². The Kier molecular flexibility index (Phi) is 5.12. The normalized spacial score (nSPS) is 12.2. The monoisotopic (exact) mass is 374 g/mol. The van der Waals surface area contributed by atoms with E-state index in [-0.39, 0.29) is 5.25 Å². The highest BCUT2D eigenvalue weighted by Crippen LogP contribution is 2.33. The Morgan fingerprint density at radius 1 is 1.00 bits per heavy atom. The highest BCUT2D eigenvalue weighted by molar-refractivity contribution is 7.80. The number of hydrogen-bond acceptors (Lipinski definition) is 3. The lowest BCUT2D eigenvalue weighted by atomic mass is 10.1. The maximum Gasteiger partial charge on any atom is 0.120 e. The summed E-state index contributed by atoms with van der Waals surface area (Å²) in [6.07, 6.45) is 5.52. The molecule has 1 N–H and O–H groups in total. The third-order valence-electron chi connectivity index (χ3n) is 4.71. The summed E-state index contributed by atoms with van der Waals surface area (Å²) in [5.41, 5.74) is 4.23. The summed E-state index contributed by atoms with van der Waals surface area (Å²) >= 11 is 4.82. The van der Waals surface area contributed by atoms with Gasteiger partial charge in [0.15, 0.2) is 0 Å². The number of hydrogen-bond donors (Lipinski definition) is 2. The Morgan fingerprint density at radius 2 is 1.67 bits per heavy atom. The Hall–Kier alpha value is -2.79. The van der Waals surface area contributed by atoms with Crippen LogP contribution in [0.1, 0.15) is 23.3 Å². The summed E-state index contributed by atoms with van der Waals surface area (Å²) in [7, 11) is 2.02. The quantitative estimate of drug-likeness (QED) is 0.462. The zero-order chi connectivity index (χ0) is 18.6. The highest BCUT2D eigenvalue weighted by Gasteiger charge is 2.18. The second-order valence-corrected chi connectivity index (χ2v) is 7.21. The van der Waals surface area contributed by atoms with Gasteiger partial charge in [0.05, 0.1) is 16.6 Å². The summed E-state index contributed by atoms with van der Waals surface area (Å²) < 4.78 is 2.05. The van der Waals surface area contributed by atoms with Gasteiger partial charge in [-0.2, -0.15) is 12.6 Å². The molecular formula is C22H22N4S. The van der Waals surface area contributed by atoms with Crippen molar-refractivity contribution >= 4 is 12.6 Å². The molecule has 136 valence electrons. The molecule has 0 spiro atoms. The van der Waals surface area contributed by atoms with Gasteiger partial charge >= 0.3 is 0 Å². The molecule has 27 heavy (non-hydrogen) atoms. The summed E-state index contributed by atoms with van der Waals surface area (Å²) in [5.74, 6) is 1.96. The maximum absolute atomic E-state index is 4.92. The van der Waals surface area contributed by atoms with Crippen molar-refractivity contribution in [1.82, 2.24) is 19.5 Å². The van der Waals surface area contributed by atoms with Gasteiger partial charge in [-0.1, -0.05) is 60.7 Å². The lowest BCUT2D eigenvalue weighted by molar-refractivity contribution is 0.702. The van der Waals surface area contributed by atoms with Gasteiger partial charge in [0.25, 0.3) is 0 Å². The molecular weight excluding hydrogens is 352 g/mol. The third-order valence-corrected chi connectivity index (χ3v) is 5.21. The van der Waals surface area contributed by atoms with E-state index in [0.29, 0.717) is 0 Å². The molecule has 4 nitrogen and oxygen atoms in total. The summed E-state index contributed by atoms with van der Waals surface area (Å²) in [6, 6.07) is 20.6. The maximum atomic E-state index is 4.92. The first-order chi connectivity index (χ1) is 13.2. The molecule has 4 rings (SSSR count). The van der Waals surface area contributed by atoms with Gasteiger partial charge in [0.1, 0.15) is 11.6 Å². The molecule has 0 fully saturated rings. The number of nitrogens with one attached hydrogen (secondary N) is 1. The predicted molar refractivity (Wildman–Crippen MR) is 113 cm³/mol. The average molecular weight is 375 g/mol. The van der Waals surface area contributed by atoms with Crippen molar-refractivity contribution in [3.8, 4) is 22.5 Å². The van der Waals surface area contributed by atoms with Crippen LogP contribution in [0.3, 0.4) is 0 Å². The molecule has 2 aromatic heterocycles. The first kappa shape index (κ1) is 17.6. The predicted octanol–water partition coefficient (Wildman–Crippen LogP) is 5.08. The lowest BCUT2D eigenvalue weighted by Gasteiger charge is -2.07. The number of thiol groups is 1. The van der Waals surface area contributed by atoms with Gasteiger partial charge < -0.3 is 9.55 Å². The average Bonchev–Trinajstić information content (AvgIpc) is 3.34. The number of nitrogens with zero attached hydrogens (tertiary/aromatic N) is 3. The lowest BCUT2D eigenvalue weighted by Crippen LogP contribution is -2.01. The Morgan fingerprint density at radius 3 is 2.30 bits per heavy atom. The fourth-order valence-corrected chi connectivity index (χ4v) is 3.46. The van der Waals surface area contributed by atoms with Crippen molar-refractivity contribution in [2.75, 3.05) is 0 Å². The highest BCUT2D eigenvalue weighted by atomic mass is 32.1. The van der Waals surface area contributed by atoms with Crippen LogP contribution in [0, 0.1) is 0 Å². The zero-order valence-corrected chi connectivity index (χ0v) is 16.1. The van der Waals surface area contributed by atoms with Crippen LogP contribution in [-0.4, -0.2) is 19.5 Å². The molecule has 0 bridgehead atoms. The number of aryl methyl sites for hydroxylation is 2. The van der Waals surface area contributed by atoms with Gasteiger partial charge in [0.2, 0.25) is 0 Å². The second kappa shape index (κ2) is 7.84. The summed E-state index contributed by atoms with van der Waals surface area (Å²) in [5, 5.41) is 0.0154. The van der Waals surface area contributed by atoms with Crippen molar-refractivity contribution in [3.05, 3.63) is 84.7 Å². The smallest absolute Gasteiger partial charge is 0.120 e. The van der Waals surface area contributed by atoms with Gasteiger partial charge in [-0.3, -0.25) is 0 Å². The first-order valence-corrected chi connectivity index (χ1v) is 9.59. The van der Waals surface area contributed by atoms with Crippen LogP contribution in [0.15, 0.2) is 73.1 Å². The van der Waals surface area contributed by atoms with Gasteiger partial charge in [-0.15, -0.1) is 0 Å². The fourth-order valence-electron chi connectivity index (χ4n) is 3.21. The molecule has 2 aromatic carbocycles. The van der Waals surface area contributed by atoms with Crippen LogP contribution in [0.2, 0.25) is 0 Å². The van der Waals surface area contributed by atoms with Crippen LogP contribution >= 0.6 is 12.6 Å². The van der Waals surface area contributed by atoms with E-state index < -0.39 is 0 Å². The first-order valence-electron chi connectivity index (χ1n) is 9.07. The summed E-state index contributed by atoms with van der Waals surface area (Å²) in [4.78, 5) is 12.8. The van der Waals surface area contributed by atoms with Crippen LogP contribution in [0.5, 0.6) is 0 Å². The molecule has 0 aliphatic heterocycles. The topological polar surface area (TPSA) is 46.5 Å². The minimum Gasteiger partial charge on any atom is -0.341 e. The van der Waals surface area contributed by atoms with Crippen LogP contribution < -0.4 is 0 Å². The van der Waals surface area contributed by atoms with E-state index in [9.17, 15) is 0 Å². The number of rotatable bonds is 6. The molecule has 0 radical (unpaired) electrons. The molecule has 1 unspecified atom stereocenters. The van der Waals surface area contributed by atoms with E-state index in [1.165, 1.54) is 0 Å². The molecule has 0 saturated carbocycles. The Labute approximate surface area is 164 Å². The van der Waals surface area contributed by atoms with Crippen molar-refractivity contribution in [2.45, 2.75) is 18.1 Å². The van der Waals surface area contributed by atoms with Gasteiger partial charge in [-0.25, -0.2) is 9.97 Å². The van der Waals surface area contributed by atoms with E-state index in [1.54, 1.807) is 0 Å². The molecule has 2 heterocycles. The number of aromatic amines is 1. The third kappa shape index (κ3) is 3.83. The van der Waals surface area contributed by atoms with E-state index in [0.717, 1.165) is 47.0 Å². The van der Waals surface area contributed by atoms with E-state index in [4.69, 9.17) is 17.6 Å². The molecule has 0 aliphatic rings. The molecule has 4 aromatic rings. The van der Waals surface area contributed by atoms with E-state index >= 15 is 0 Å². The molecule has 0 saturated heterocycles. The number of imidazole rings is 2. The van der Waals surface area contributed by atoms with E-state index in [2.05, 4.69) is 34.2 Å². The largest absolute Gasteiger partial charge is 0.341 e. The van der Waals surface area contributed by atoms with E-state index in [1.807, 2.05) is 60.4 Å². The SMILES string of the molecule is Cn1ccnc1CCC(S)c1nc(-c2ccccc2)c(-c2ccccc2)[nH]1. The van der Waals surface area contributed by atoms with Crippen LogP contribution in [0.25, 0.3) is 22.5 Å². The standard InChI is InChI=1S/C22H22N4S/c1-26-15-14-23-19(26)13-12-18(27)22-24-20(16-8-4-2-5-9-16)21(25-22)17-10-6-3-7-11-17/h2-11,14-15,18,27H,12-13H2,1H3,(H,24,25). The number of H-pyrrole nitrogens is 1. The summed E-state index contributed by atoms with van der Waals surface area (Å²) in [6.45, 7) is 0.